The number of carbonyl (C=O) groups is 2. The van der Waals surface area contributed by atoms with Crippen LogP contribution in [0.1, 0.15) is 53.7 Å². The molecule has 0 saturated carbocycles. The van der Waals surface area contributed by atoms with Crippen LogP contribution in [0.4, 0.5) is 13.6 Å². The minimum atomic E-state index is -3.63. The van der Waals surface area contributed by atoms with E-state index in [9.17, 15) is 9.59 Å². The van der Waals surface area contributed by atoms with Crippen molar-refractivity contribution in [2.75, 3.05) is 26.2 Å². The first-order valence-electron chi connectivity index (χ1n) is 11.6. The number of aromatic nitrogens is 3. The lowest BCUT2D eigenvalue weighted by Crippen LogP contribution is -2.62. The van der Waals surface area contributed by atoms with Crippen molar-refractivity contribution in [1.29, 1.82) is 0 Å². The molecule has 4 heterocycles. The van der Waals surface area contributed by atoms with Gasteiger partial charge in [-0.15, -0.1) is 21.5 Å². The highest BCUT2D eigenvalue weighted by Gasteiger charge is 2.59. The molecule has 2 fully saturated rings. The zero-order valence-electron chi connectivity index (χ0n) is 20.6. The van der Waals surface area contributed by atoms with Crippen molar-refractivity contribution in [2.24, 2.45) is 5.41 Å². The molecule has 1 aromatic carbocycles. The van der Waals surface area contributed by atoms with Crippen LogP contribution in [0.25, 0.3) is 0 Å². The molecule has 38 heavy (non-hydrogen) atoms. The number of nitrogens with zero attached hydrogens (tertiary/aromatic N) is 5. The number of rotatable bonds is 4. The fraction of sp³-hybridized carbons (Fsp3) is 0.458. The Morgan fingerprint density at radius 1 is 1.13 bits per heavy atom. The monoisotopic (exact) mass is 585 g/mol. The van der Waals surface area contributed by atoms with Crippen molar-refractivity contribution in [1.82, 2.24) is 25.0 Å². The molecule has 0 aliphatic carbocycles. The molecule has 0 N–H and O–H groups in total. The fourth-order valence-electron chi connectivity index (χ4n) is 4.75. The van der Waals surface area contributed by atoms with E-state index in [2.05, 4.69) is 15.2 Å². The highest BCUT2D eigenvalue weighted by Crippen LogP contribution is 2.50. The molecule has 2 aliphatic heterocycles. The van der Waals surface area contributed by atoms with Crippen LogP contribution in [0.3, 0.4) is 0 Å². The van der Waals surface area contributed by atoms with Crippen molar-refractivity contribution in [3.05, 3.63) is 62.2 Å². The summed E-state index contributed by atoms with van der Waals surface area (Å²) in [6, 6.07) is 3.44. The van der Waals surface area contributed by atoms with Gasteiger partial charge >= 0.3 is 12.0 Å². The van der Waals surface area contributed by atoms with Crippen molar-refractivity contribution < 1.29 is 27.5 Å². The molecule has 2 amide bonds. The Labute approximate surface area is 230 Å². The lowest BCUT2D eigenvalue weighted by Gasteiger charge is -2.49. The predicted molar refractivity (Wildman–Crippen MR) is 135 cm³/mol. The van der Waals surface area contributed by atoms with E-state index in [0.29, 0.717) is 4.88 Å². The Balaban J connectivity index is 1.42. The van der Waals surface area contributed by atoms with Crippen molar-refractivity contribution >= 4 is 46.5 Å². The number of likely N-dealkylation sites (tertiary alicyclic amines) is 2. The number of hydrogen-bond donors (Lipinski definition) is 0. The Hall–Kier alpha value is -2.83. The molecule has 202 valence electrons. The lowest BCUT2D eigenvalue weighted by atomic mass is 9.71. The summed E-state index contributed by atoms with van der Waals surface area (Å²) >= 11 is 13.0. The second-order valence-electron chi connectivity index (χ2n) is 10.5. The highest BCUT2D eigenvalue weighted by atomic mass is 35.5. The van der Waals surface area contributed by atoms with Gasteiger partial charge in [0.15, 0.2) is 0 Å². The van der Waals surface area contributed by atoms with Crippen LogP contribution in [0.2, 0.25) is 10.0 Å². The normalized spacial score (nSPS) is 19.1. The number of halogens is 4. The zero-order chi connectivity index (χ0) is 27.5. The number of carbonyl (C=O) groups excluding carboxylic acids is 2. The lowest BCUT2D eigenvalue weighted by molar-refractivity contribution is -0.0382. The molecule has 2 saturated heterocycles. The topological polar surface area (TPSA) is 102 Å². The quantitative estimate of drug-likeness (QED) is 0.401. The summed E-state index contributed by atoms with van der Waals surface area (Å²) in [5, 5.41) is 7.70. The van der Waals surface area contributed by atoms with Crippen LogP contribution in [0, 0.1) is 5.41 Å². The first kappa shape index (κ1) is 26.8. The molecule has 2 aromatic heterocycles. The maximum Gasteiger partial charge on any atom is 0.410 e. The molecular weight excluding hydrogens is 563 g/mol. The van der Waals surface area contributed by atoms with Crippen LogP contribution in [0.15, 0.2) is 34.3 Å². The third kappa shape index (κ3) is 4.85. The molecule has 0 radical (unpaired) electrons. The number of hydrogen-bond acceptors (Lipinski definition) is 8. The molecular formula is C24H23Cl2F2N5O4S. The molecule has 1 spiro atoms. The van der Waals surface area contributed by atoms with Crippen LogP contribution < -0.4 is 0 Å². The van der Waals surface area contributed by atoms with Gasteiger partial charge < -0.3 is 19.0 Å². The van der Waals surface area contributed by atoms with Gasteiger partial charge in [-0.25, -0.2) is 4.79 Å². The standard InChI is InChI=1S/C24H23Cl2F2N5O4S/c1-22(2,3)37-21(35)33-10-23(11-33)9-32(19(34)17-7-29-12-38-17)8-14(23)18-30-31-20(36-18)24(27,28)13-4-5-15(25)16(26)6-13/h4-7,12,14H,8-11H2,1-3H3. The van der Waals surface area contributed by atoms with Gasteiger partial charge in [-0.3, -0.25) is 9.78 Å². The smallest absolute Gasteiger partial charge is 0.410 e. The third-order valence-electron chi connectivity index (χ3n) is 6.53. The average molecular weight is 586 g/mol. The van der Waals surface area contributed by atoms with E-state index in [0.717, 1.165) is 12.1 Å². The number of benzene rings is 1. The second kappa shape index (κ2) is 9.42. The Kier molecular flexibility index (Phi) is 6.64. The summed E-state index contributed by atoms with van der Waals surface area (Å²) in [7, 11) is 0. The summed E-state index contributed by atoms with van der Waals surface area (Å²) in [5.41, 5.74) is -0.245. The second-order valence-corrected chi connectivity index (χ2v) is 12.2. The van der Waals surface area contributed by atoms with Gasteiger partial charge in [0.2, 0.25) is 5.89 Å². The minimum Gasteiger partial charge on any atom is -0.444 e. The molecule has 0 bridgehead atoms. The summed E-state index contributed by atoms with van der Waals surface area (Å²) in [6.07, 6.45) is 0.982. The van der Waals surface area contributed by atoms with E-state index in [1.54, 1.807) is 31.2 Å². The first-order valence-corrected chi connectivity index (χ1v) is 13.3. The van der Waals surface area contributed by atoms with E-state index in [1.807, 2.05) is 0 Å². The van der Waals surface area contributed by atoms with Gasteiger partial charge in [-0.2, -0.15) is 8.78 Å². The van der Waals surface area contributed by atoms with E-state index in [1.165, 1.54) is 28.5 Å². The highest BCUT2D eigenvalue weighted by molar-refractivity contribution is 7.11. The van der Waals surface area contributed by atoms with Gasteiger partial charge in [0.05, 0.1) is 27.7 Å². The van der Waals surface area contributed by atoms with Gasteiger partial charge in [0.25, 0.3) is 11.8 Å². The van der Waals surface area contributed by atoms with Crippen molar-refractivity contribution in [3.63, 3.8) is 0 Å². The molecule has 1 atom stereocenters. The molecule has 9 nitrogen and oxygen atoms in total. The van der Waals surface area contributed by atoms with Crippen molar-refractivity contribution in [3.8, 4) is 0 Å². The molecule has 1 unspecified atom stereocenters. The number of ether oxygens (including phenoxy) is 1. The summed E-state index contributed by atoms with van der Waals surface area (Å²) in [6.45, 7) is 6.19. The fourth-order valence-corrected chi connectivity index (χ4v) is 5.63. The molecule has 14 heteroatoms. The van der Waals surface area contributed by atoms with Gasteiger partial charge in [-0.1, -0.05) is 29.3 Å². The van der Waals surface area contributed by atoms with Gasteiger partial charge in [0, 0.05) is 37.2 Å². The SMILES string of the molecule is CC(C)(C)OC(=O)N1CC2(C1)CN(C(=O)c1cncs1)CC2c1nnc(C(F)(F)c2ccc(Cl)c(Cl)c2)o1. The zero-order valence-corrected chi connectivity index (χ0v) is 22.9. The summed E-state index contributed by atoms with van der Waals surface area (Å²) in [5.74, 6) is -5.40. The van der Waals surface area contributed by atoms with E-state index < -0.39 is 40.4 Å². The number of amides is 2. The minimum absolute atomic E-state index is 0.0350. The van der Waals surface area contributed by atoms with Crippen LogP contribution in [-0.4, -0.2) is 68.8 Å². The van der Waals surface area contributed by atoms with Crippen molar-refractivity contribution in [2.45, 2.75) is 38.2 Å². The van der Waals surface area contributed by atoms with Crippen LogP contribution in [0.5, 0.6) is 0 Å². The van der Waals surface area contributed by atoms with E-state index >= 15 is 8.78 Å². The summed E-state index contributed by atoms with van der Waals surface area (Å²) < 4.78 is 41.6. The Morgan fingerprint density at radius 3 is 2.47 bits per heavy atom. The van der Waals surface area contributed by atoms with E-state index in [4.69, 9.17) is 32.4 Å². The number of alkyl halides is 2. The molecule has 2 aliphatic rings. The average Bonchev–Trinajstić information content (AvgIpc) is 3.56. The first-order chi connectivity index (χ1) is 17.8. The third-order valence-corrected chi connectivity index (χ3v) is 8.03. The molecule has 3 aromatic rings. The Bertz CT molecular complexity index is 1370. The van der Waals surface area contributed by atoms with Crippen LogP contribution >= 0.6 is 34.5 Å². The molecule has 5 rings (SSSR count). The van der Waals surface area contributed by atoms with Gasteiger partial charge in [-0.05, 0) is 32.9 Å². The van der Waals surface area contributed by atoms with E-state index in [-0.39, 0.29) is 48.0 Å². The predicted octanol–water partition coefficient (Wildman–Crippen LogP) is 5.45. The van der Waals surface area contributed by atoms with Crippen LogP contribution in [-0.2, 0) is 10.7 Å². The van der Waals surface area contributed by atoms with Gasteiger partial charge in [0.1, 0.15) is 10.5 Å². The number of thiazole rings is 1. The maximum atomic E-state index is 15.3. The Morgan fingerprint density at radius 2 is 1.84 bits per heavy atom. The largest absolute Gasteiger partial charge is 0.444 e. The summed E-state index contributed by atoms with van der Waals surface area (Å²) in [4.78, 5) is 33.2. The maximum absolute atomic E-state index is 15.3.